The third-order valence-corrected chi connectivity index (χ3v) is 5.79. The summed E-state index contributed by atoms with van der Waals surface area (Å²) >= 11 is 0. The summed E-state index contributed by atoms with van der Waals surface area (Å²) in [5.41, 5.74) is 3.53. The number of rotatable bonds is 9. The Balaban J connectivity index is 1.40. The van der Waals surface area contributed by atoms with Gasteiger partial charge in [0.15, 0.2) is 0 Å². The van der Waals surface area contributed by atoms with Gasteiger partial charge in [0.05, 0.1) is 22.3 Å². The van der Waals surface area contributed by atoms with Gasteiger partial charge in [-0.15, -0.1) is 0 Å². The highest BCUT2D eigenvalue weighted by molar-refractivity contribution is 6.03. The van der Waals surface area contributed by atoms with Crippen LogP contribution in [0.15, 0.2) is 83.7 Å². The molecule has 7 heteroatoms. The maximum absolute atomic E-state index is 12.8. The van der Waals surface area contributed by atoms with E-state index >= 15 is 0 Å². The van der Waals surface area contributed by atoms with Crippen LogP contribution in [0.2, 0.25) is 0 Å². The van der Waals surface area contributed by atoms with Crippen LogP contribution in [0.5, 0.6) is 0 Å². The number of aryl methyl sites for hydroxylation is 2. The molecule has 0 radical (unpaired) electrons. The molecule has 34 heavy (non-hydrogen) atoms. The molecular formula is C27H28N4O3. The lowest BCUT2D eigenvalue weighted by Crippen LogP contribution is -2.28. The summed E-state index contributed by atoms with van der Waals surface area (Å²) in [4.78, 5) is 38.2. The normalized spacial score (nSPS) is 10.9. The van der Waals surface area contributed by atoms with Gasteiger partial charge in [0.2, 0.25) is 5.91 Å². The number of anilines is 1. The number of carbonyl (C=O) groups excluding carboxylic acids is 2. The van der Waals surface area contributed by atoms with Crippen molar-refractivity contribution in [3.05, 3.63) is 100 Å². The molecule has 0 aliphatic carbocycles. The number of fused-ring (bicyclic) bond motifs is 1. The number of para-hydroxylation sites is 3. The van der Waals surface area contributed by atoms with Crippen molar-refractivity contribution < 1.29 is 9.59 Å². The van der Waals surface area contributed by atoms with Crippen LogP contribution < -0.4 is 16.3 Å². The zero-order valence-corrected chi connectivity index (χ0v) is 19.2. The smallest absolute Gasteiger partial charge is 0.329 e. The minimum atomic E-state index is -0.259. The number of benzene rings is 3. The summed E-state index contributed by atoms with van der Waals surface area (Å²) in [7, 11) is 0. The van der Waals surface area contributed by atoms with Gasteiger partial charge in [0, 0.05) is 26.1 Å². The van der Waals surface area contributed by atoms with Crippen LogP contribution in [-0.2, 0) is 24.3 Å². The molecule has 3 aromatic carbocycles. The first-order chi connectivity index (χ1) is 16.6. The van der Waals surface area contributed by atoms with E-state index in [0.29, 0.717) is 24.3 Å². The third kappa shape index (κ3) is 5.09. The van der Waals surface area contributed by atoms with E-state index in [0.717, 1.165) is 23.0 Å². The molecule has 0 spiro atoms. The molecule has 7 nitrogen and oxygen atoms in total. The number of hydrogen-bond acceptors (Lipinski definition) is 3. The standard InChI is InChI=1S/C27H28N4O3/c1-2-30-23-14-8-9-15-24(23)31(27(30)34)19-17-25(32)29-22-13-7-6-12-21(22)26(33)28-18-16-20-10-4-3-5-11-20/h3-15H,2,16-19H2,1H3,(H,28,33)(H,29,32). The lowest BCUT2D eigenvalue weighted by atomic mass is 10.1. The summed E-state index contributed by atoms with van der Waals surface area (Å²) in [5, 5.41) is 5.75. The summed E-state index contributed by atoms with van der Waals surface area (Å²) in [5.74, 6) is -0.501. The Hall–Kier alpha value is -4.13. The minimum Gasteiger partial charge on any atom is -0.352 e. The molecule has 2 N–H and O–H groups in total. The Morgan fingerprint density at radius 1 is 0.824 bits per heavy atom. The number of amides is 2. The van der Waals surface area contributed by atoms with Crippen LogP contribution in [0, 0.1) is 0 Å². The average Bonchev–Trinajstić information content (AvgIpc) is 3.14. The Labute approximate surface area is 198 Å². The second-order valence-electron chi connectivity index (χ2n) is 8.00. The van der Waals surface area contributed by atoms with Crippen molar-refractivity contribution in [3.8, 4) is 0 Å². The van der Waals surface area contributed by atoms with Gasteiger partial charge in [-0.05, 0) is 43.2 Å². The van der Waals surface area contributed by atoms with Crippen LogP contribution in [0.25, 0.3) is 11.0 Å². The highest BCUT2D eigenvalue weighted by atomic mass is 16.2. The van der Waals surface area contributed by atoms with Crippen molar-refractivity contribution in [1.82, 2.24) is 14.5 Å². The van der Waals surface area contributed by atoms with Gasteiger partial charge in [-0.25, -0.2) is 4.79 Å². The van der Waals surface area contributed by atoms with Gasteiger partial charge in [-0.1, -0.05) is 54.6 Å². The summed E-state index contributed by atoms with van der Waals surface area (Å²) < 4.78 is 3.32. The Kier molecular flexibility index (Phi) is 7.22. The molecule has 4 aromatic rings. The summed E-state index contributed by atoms with van der Waals surface area (Å²) in [6.45, 7) is 3.23. The molecule has 4 rings (SSSR count). The number of imidazole rings is 1. The van der Waals surface area contributed by atoms with E-state index in [9.17, 15) is 14.4 Å². The van der Waals surface area contributed by atoms with Crippen molar-refractivity contribution in [1.29, 1.82) is 0 Å². The van der Waals surface area contributed by atoms with Crippen LogP contribution >= 0.6 is 0 Å². The van der Waals surface area contributed by atoms with E-state index in [-0.39, 0.29) is 30.5 Å². The highest BCUT2D eigenvalue weighted by Gasteiger charge is 2.15. The topological polar surface area (TPSA) is 85.1 Å². The molecule has 0 fully saturated rings. The molecule has 0 saturated heterocycles. The second-order valence-corrected chi connectivity index (χ2v) is 8.00. The molecular weight excluding hydrogens is 428 g/mol. The fourth-order valence-corrected chi connectivity index (χ4v) is 4.07. The van der Waals surface area contributed by atoms with E-state index in [1.54, 1.807) is 33.4 Å². The Bertz CT molecular complexity index is 1360. The van der Waals surface area contributed by atoms with E-state index in [1.807, 2.05) is 61.5 Å². The van der Waals surface area contributed by atoms with Crippen molar-refractivity contribution >= 4 is 28.5 Å². The van der Waals surface area contributed by atoms with E-state index in [1.165, 1.54) is 0 Å². The third-order valence-electron chi connectivity index (χ3n) is 5.79. The number of nitrogens with zero attached hydrogens (tertiary/aromatic N) is 2. The largest absolute Gasteiger partial charge is 0.352 e. The first kappa shape index (κ1) is 23.0. The monoisotopic (exact) mass is 456 g/mol. The SMILES string of the molecule is CCn1c(=O)n(CCC(=O)Nc2ccccc2C(=O)NCCc2ccccc2)c2ccccc21. The Morgan fingerprint density at radius 2 is 1.47 bits per heavy atom. The molecule has 0 aliphatic heterocycles. The lowest BCUT2D eigenvalue weighted by molar-refractivity contribution is -0.116. The number of aromatic nitrogens is 2. The van der Waals surface area contributed by atoms with Gasteiger partial charge in [-0.2, -0.15) is 0 Å². The maximum atomic E-state index is 12.8. The lowest BCUT2D eigenvalue weighted by Gasteiger charge is -2.12. The minimum absolute atomic E-state index is 0.113. The molecule has 2 amide bonds. The van der Waals surface area contributed by atoms with Gasteiger partial charge < -0.3 is 10.6 Å². The zero-order valence-electron chi connectivity index (χ0n) is 19.2. The summed E-state index contributed by atoms with van der Waals surface area (Å²) in [6.07, 6.45) is 0.836. The Morgan fingerprint density at radius 3 is 2.21 bits per heavy atom. The van der Waals surface area contributed by atoms with E-state index in [4.69, 9.17) is 0 Å². The fourth-order valence-electron chi connectivity index (χ4n) is 4.07. The molecule has 174 valence electrons. The zero-order chi connectivity index (χ0) is 23.9. The molecule has 0 unspecified atom stereocenters. The van der Waals surface area contributed by atoms with Crippen LogP contribution in [0.3, 0.4) is 0 Å². The van der Waals surface area contributed by atoms with Crippen LogP contribution in [-0.4, -0.2) is 27.5 Å². The van der Waals surface area contributed by atoms with E-state index in [2.05, 4.69) is 10.6 Å². The second kappa shape index (κ2) is 10.7. The molecule has 1 heterocycles. The number of hydrogen-bond donors (Lipinski definition) is 2. The maximum Gasteiger partial charge on any atom is 0.329 e. The van der Waals surface area contributed by atoms with E-state index < -0.39 is 0 Å². The van der Waals surface area contributed by atoms with Crippen LogP contribution in [0.4, 0.5) is 5.69 Å². The number of nitrogens with one attached hydrogen (secondary N) is 2. The predicted octanol–water partition coefficient (Wildman–Crippen LogP) is 3.82. The van der Waals surface area contributed by atoms with Gasteiger partial charge in [0.25, 0.3) is 5.91 Å². The van der Waals surface area contributed by atoms with Crippen molar-refractivity contribution in [2.45, 2.75) is 32.9 Å². The number of carbonyl (C=O) groups is 2. The van der Waals surface area contributed by atoms with Gasteiger partial charge in [-0.3, -0.25) is 18.7 Å². The highest BCUT2D eigenvalue weighted by Crippen LogP contribution is 2.17. The quantitative estimate of drug-likeness (QED) is 0.402. The average molecular weight is 457 g/mol. The summed E-state index contributed by atoms with van der Waals surface area (Å²) in [6, 6.07) is 24.4. The van der Waals surface area contributed by atoms with Gasteiger partial charge >= 0.3 is 5.69 Å². The van der Waals surface area contributed by atoms with Crippen LogP contribution in [0.1, 0.15) is 29.3 Å². The molecule has 0 saturated carbocycles. The van der Waals surface area contributed by atoms with Gasteiger partial charge in [0.1, 0.15) is 0 Å². The first-order valence-corrected chi connectivity index (χ1v) is 11.5. The predicted molar refractivity (Wildman–Crippen MR) is 134 cm³/mol. The van der Waals surface area contributed by atoms with Crippen molar-refractivity contribution in [3.63, 3.8) is 0 Å². The molecule has 1 aromatic heterocycles. The fraction of sp³-hybridized carbons (Fsp3) is 0.222. The van der Waals surface area contributed by atoms with Crippen molar-refractivity contribution in [2.75, 3.05) is 11.9 Å². The molecule has 0 atom stereocenters. The first-order valence-electron chi connectivity index (χ1n) is 11.5. The van der Waals surface area contributed by atoms with Crippen molar-refractivity contribution in [2.24, 2.45) is 0 Å². The molecule has 0 bridgehead atoms. The molecule has 0 aliphatic rings.